The van der Waals surface area contributed by atoms with E-state index in [0.717, 1.165) is 33.9 Å². The third-order valence-electron chi connectivity index (χ3n) is 5.22. The predicted molar refractivity (Wildman–Crippen MR) is 100 cm³/mol. The molecule has 134 valence electrons. The van der Waals surface area contributed by atoms with Crippen LogP contribution >= 0.6 is 0 Å². The number of amides is 1. The van der Waals surface area contributed by atoms with Crippen LogP contribution in [0.1, 0.15) is 52.5 Å². The van der Waals surface area contributed by atoms with Gasteiger partial charge in [-0.2, -0.15) is 0 Å². The molecule has 3 aromatic rings. The van der Waals surface area contributed by atoms with Crippen LogP contribution in [0.5, 0.6) is 0 Å². The first-order valence-corrected chi connectivity index (χ1v) is 9.01. The summed E-state index contributed by atoms with van der Waals surface area (Å²) in [6.07, 6.45) is 1.19. The second-order valence-electron chi connectivity index (χ2n) is 7.38. The lowest BCUT2D eigenvalue weighted by Crippen LogP contribution is -2.26. The van der Waals surface area contributed by atoms with Gasteiger partial charge in [-0.3, -0.25) is 4.79 Å². The highest BCUT2D eigenvalue weighted by molar-refractivity contribution is 5.97. The Balaban J connectivity index is 1.51. The number of aryl methyl sites for hydroxylation is 2. The number of nitrogens with zero attached hydrogens (tertiary/aromatic N) is 3. The first kappa shape index (κ1) is 16.8. The number of rotatable bonds is 4. The summed E-state index contributed by atoms with van der Waals surface area (Å²) < 4.78 is 5.92. The number of furan rings is 1. The van der Waals surface area contributed by atoms with E-state index < -0.39 is 0 Å². The molecule has 1 fully saturated rings. The molecule has 0 aliphatic heterocycles. The molecule has 1 amide bonds. The molecule has 1 aliphatic carbocycles. The standard InChI is InChI=1S/C21H23N3O2/c1-12-9-17(12)20-8-6-16(26-20)11-24(4)21(25)15-5-7-18-19(10-15)23-14(3)13(2)22-18/h5-8,10,12,17H,9,11H2,1-4H3/t12-,17-/m1/s1. The van der Waals surface area contributed by atoms with Gasteiger partial charge in [-0.25, -0.2) is 9.97 Å². The van der Waals surface area contributed by atoms with E-state index in [1.54, 1.807) is 11.9 Å². The van der Waals surface area contributed by atoms with Gasteiger partial charge in [0.25, 0.3) is 5.91 Å². The second kappa shape index (κ2) is 6.24. The molecule has 0 radical (unpaired) electrons. The van der Waals surface area contributed by atoms with Gasteiger partial charge in [0.05, 0.1) is 29.0 Å². The summed E-state index contributed by atoms with van der Waals surface area (Å²) >= 11 is 0. The van der Waals surface area contributed by atoms with Crippen LogP contribution in [-0.2, 0) is 6.54 Å². The van der Waals surface area contributed by atoms with Crippen molar-refractivity contribution < 1.29 is 9.21 Å². The highest BCUT2D eigenvalue weighted by atomic mass is 16.3. The number of benzene rings is 1. The van der Waals surface area contributed by atoms with Gasteiger partial charge in [-0.15, -0.1) is 0 Å². The van der Waals surface area contributed by atoms with E-state index in [9.17, 15) is 4.79 Å². The van der Waals surface area contributed by atoms with Gasteiger partial charge in [0.2, 0.25) is 0 Å². The highest BCUT2D eigenvalue weighted by Crippen LogP contribution is 2.47. The van der Waals surface area contributed by atoms with Gasteiger partial charge >= 0.3 is 0 Å². The normalized spacial score (nSPS) is 18.9. The van der Waals surface area contributed by atoms with E-state index >= 15 is 0 Å². The Morgan fingerprint density at radius 1 is 1.15 bits per heavy atom. The summed E-state index contributed by atoms with van der Waals surface area (Å²) in [5.74, 6) is 3.07. The fraction of sp³-hybridized carbons (Fsp3) is 0.381. The smallest absolute Gasteiger partial charge is 0.254 e. The lowest BCUT2D eigenvalue weighted by atomic mass is 10.1. The van der Waals surface area contributed by atoms with Crippen LogP contribution < -0.4 is 0 Å². The molecule has 5 nitrogen and oxygen atoms in total. The van der Waals surface area contributed by atoms with Crippen LogP contribution in [0.15, 0.2) is 34.7 Å². The molecule has 2 aromatic heterocycles. The van der Waals surface area contributed by atoms with Gasteiger partial charge < -0.3 is 9.32 Å². The fourth-order valence-corrected chi connectivity index (χ4v) is 3.29. The molecule has 1 saturated carbocycles. The summed E-state index contributed by atoms with van der Waals surface area (Å²) in [5, 5.41) is 0. The Morgan fingerprint density at radius 2 is 1.85 bits per heavy atom. The van der Waals surface area contributed by atoms with Crippen LogP contribution in [0.2, 0.25) is 0 Å². The van der Waals surface area contributed by atoms with Gasteiger partial charge in [0.15, 0.2) is 0 Å². The van der Waals surface area contributed by atoms with Crippen molar-refractivity contribution in [3.63, 3.8) is 0 Å². The maximum Gasteiger partial charge on any atom is 0.254 e. The minimum absolute atomic E-state index is 0.0512. The van der Waals surface area contributed by atoms with Crippen LogP contribution in [-0.4, -0.2) is 27.8 Å². The Morgan fingerprint density at radius 3 is 2.54 bits per heavy atom. The molecule has 0 spiro atoms. The first-order chi connectivity index (χ1) is 12.4. The van der Waals surface area contributed by atoms with Crippen LogP contribution in [0.25, 0.3) is 11.0 Å². The van der Waals surface area contributed by atoms with Crippen molar-refractivity contribution in [2.45, 2.75) is 39.7 Å². The molecule has 2 atom stereocenters. The number of carbonyl (C=O) groups excluding carboxylic acids is 1. The zero-order valence-electron chi connectivity index (χ0n) is 15.6. The van der Waals surface area contributed by atoms with E-state index in [1.165, 1.54) is 6.42 Å². The molecule has 4 rings (SSSR count). The molecule has 26 heavy (non-hydrogen) atoms. The van der Waals surface area contributed by atoms with E-state index in [0.29, 0.717) is 23.9 Å². The average Bonchev–Trinajstić information content (AvgIpc) is 3.16. The third-order valence-corrected chi connectivity index (χ3v) is 5.22. The summed E-state index contributed by atoms with van der Waals surface area (Å²) in [5.41, 5.74) is 3.96. The van der Waals surface area contributed by atoms with E-state index in [-0.39, 0.29) is 5.91 Å². The number of hydrogen-bond donors (Lipinski definition) is 0. The summed E-state index contributed by atoms with van der Waals surface area (Å²) in [4.78, 5) is 23.5. The monoisotopic (exact) mass is 349 g/mol. The lowest BCUT2D eigenvalue weighted by Gasteiger charge is -2.16. The maximum absolute atomic E-state index is 12.8. The van der Waals surface area contributed by atoms with Crippen molar-refractivity contribution in [2.75, 3.05) is 7.05 Å². The van der Waals surface area contributed by atoms with Crippen molar-refractivity contribution in [2.24, 2.45) is 5.92 Å². The second-order valence-corrected chi connectivity index (χ2v) is 7.38. The van der Waals surface area contributed by atoms with Gasteiger partial charge in [-0.1, -0.05) is 6.92 Å². The molecule has 1 aliphatic rings. The van der Waals surface area contributed by atoms with Crippen LogP contribution in [0, 0.1) is 19.8 Å². The van der Waals surface area contributed by atoms with Crippen molar-refractivity contribution in [3.8, 4) is 0 Å². The van der Waals surface area contributed by atoms with Gasteiger partial charge in [0, 0.05) is 18.5 Å². The van der Waals surface area contributed by atoms with Crippen LogP contribution in [0.4, 0.5) is 0 Å². The lowest BCUT2D eigenvalue weighted by molar-refractivity contribution is 0.0775. The Hall–Kier alpha value is -2.69. The fourth-order valence-electron chi connectivity index (χ4n) is 3.29. The van der Waals surface area contributed by atoms with Crippen molar-refractivity contribution in [1.82, 2.24) is 14.9 Å². The zero-order chi connectivity index (χ0) is 18.4. The SMILES string of the molecule is Cc1nc2ccc(C(=O)N(C)Cc3ccc([C@@H]4C[C@H]4C)o3)cc2nc1C. The number of aromatic nitrogens is 2. The summed E-state index contributed by atoms with van der Waals surface area (Å²) in [7, 11) is 1.79. The average molecular weight is 349 g/mol. The third kappa shape index (κ3) is 3.09. The molecule has 2 heterocycles. The van der Waals surface area contributed by atoms with E-state index in [4.69, 9.17) is 4.42 Å². The highest BCUT2D eigenvalue weighted by Gasteiger charge is 2.36. The van der Waals surface area contributed by atoms with Gasteiger partial charge in [0.1, 0.15) is 11.5 Å². The van der Waals surface area contributed by atoms with E-state index in [1.807, 2.05) is 44.2 Å². The summed E-state index contributed by atoms with van der Waals surface area (Å²) in [6, 6.07) is 9.49. The minimum Gasteiger partial charge on any atom is -0.464 e. The molecule has 0 bridgehead atoms. The quantitative estimate of drug-likeness (QED) is 0.707. The van der Waals surface area contributed by atoms with Crippen molar-refractivity contribution in [1.29, 1.82) is 0 Å². The topological polar surface area (TPSA) is 59.2 Å². The summed E-state index contributed by atoms with van der Waals surface area (Å²) in [6.45, 7) is 6.55. The molecule has 5 heteroatoms. The zero-order valence-corrected chi connectivity index (χ0v) is 15.6. The number of hydrogen-bond acceptors (Lipinski definition) is 4. The number of carbonyl (C=O) groups is 1. The number of fused-ring (bicyclic) bond motifs is 1. The maximum atomic E-state index is 12.8. The van der Waals surface area contributed by atoms with Crippen molar-refractivity contribution in [3.05, 3.63) is 58.8 Å². The first-order valence-electron chi connectivity index (χ1n) is 9.01. The molecule has 0 unspecified atom stereocenters. The molecule has 0 N–H and O–H groups in total. The molecule has 0 saturated heterocycles. The molecular formula is C21H23N3O2. The Bertz CT molecular complexity index is 992. The predicted octanol–water partition coefficient (Wildman–Crippen LogP) is 4.24. The van der Waals surface area contributed by atoms with E-state index in [2.05, 4.69) is 16.9 Å². The largest absolute Gasteiger partial charge is 0.464 e. The molecule has 1 aromatic carbocycles. The van der Waals surface area contributed by atoms with Crippen LogP contribution in [0.3, 0.4) is 0 Å². The minimum atomic E-state index is -0.0512. The Labute approximate surface area is 153 Å². The van der Waals surface area contributed by atoms with Crippen molar-refractivity contribution >= 4 is 16.9 Å². The molecular weight excluding hydrogens is 326 g/mol. The van der Waals surface area contributed by atoms with Gasteiger partial charge in [-0.05, 0) is 56.5 Å². The Kier molecular flexibility index (Phi) is 4.02.